The van der Waals surface area contributed by atoms with E-state index in [4.69, 9.17) is 0 Å². The van der Waals surface area contributed by atoms with Gasteiger partial charge in [-0.25, -0.2) is 0 Å². The number of rotatable bonds is 5. The summed E-state index contributed by atoms with van der Waals surface area (Å²) in [6.45, 7) is 2.53. The van der Waals surface area contributed by atoms with Gasteiger partial charge >= 0.3 is 0 Å². The maximum absolute atomic E-state index is 11.8. The van der Waals surface area contributed by atoms with Gasteiger partial charge in [0.15, 0.2) is 0 Å². The van der Waals surface area contributed by atoms with E-state index in [1.807, 2.05) is 13.1 Å². The van der Waals surface area contributed by atoms with Gasteiger partial charge in [-0.15, -0.1) is 0 Å². The molecule has 0 aromatic carbocycles. The molecule has 0 saturated heterocycles. The van der Waals surface area contributed by atoms with Crippen LogP contribution in [0.3, 0.4) is 0 Å². The van der Waals surface area contributed by atoms with Gasteiger partial charge in [-0.2, -0.15) is 5.10 Å². The number of aryl methyl sites for hydroxylation is 1. The standard InChI is InChI=1S/C16H25N3O2/c1-3-13-6-9-16(21,10-7-13)12-17-15(20)5-4-14-8-11-18-19(14)2/h4-5,8,11,13,21H,3,6-7,9-10,12H2,1-2H3,(H,17,20). The molecule has 1 fully saturated rings. The average Bonchev–Trinajstić information content (AvgIpc) is 2.89. The number of aromatic nitrogens is 2. The molecule has 0 bridgehead atoms. The first-order valence-electron chi connectivity index (χ1n) is 7.69. The maximum atomic E-state index is 11.8. The molecular formula is C16H25N3O2. The van der Waals surface area contributed by atoms with Crippen molar-refractivity contribution < 1.29 is 9.90 Å². The first-order chi connectivity index (χ1) is 10.0. The topological polar surface area (TPSA) is 67.2 Å². The molecule has 5 heteroatoms. The van der Waals surface area contributed by atoms with Crippen molar-refractivity contribution in [2.45, 2.75) is 44.6 Å². The number of amides is 1. The van der Waals surface area contributed by atoms with E-state index in [1.54, 1.807) is 17.0 Å². The van der Waals surface area contributed by atoms with Crippen molar-refractivity contribution in [2.24, 2.45) is 13.0 Å². The van der Waals surface area contributed by atoms with Crippen LogP contribution in [0.4, 0.5) is 0 Å². The second-order valence-electron chi connectivity index (χ2n) is 6.01. The predicted molar refractivity (Wildman–Crippen MR) is 82.5 cm³/mol. The molecule has 2 rings (SSSR count). The van der Waals surface area contributed by atoms with Crippen LogP contribution in [0.5, 0.6) is 0 Å². The lowest BCUT2D eigenvalue weighted by atomic mass is 9.78. The highest BCUT2D eigenvalue weighted by atomic mass is 16.3. The van der Waals surface area contributed by atoms with Crippen molar-refractivity contribution in [3.63, 3.8) is 0 Å². The van der Waals surface area contributed by atoms with Crippen LogP contribution in [0, 0.1) is 5.92 Å². The molecule has 116 valence electrons. The van der Waals surface area contributed by atoms with Gasteiger partial charge in [0.25, 0.3) is 0 Å². The molecule has 21 heavy (non-hydrogen) atoms. The van der Waals surface area contributed by atoms with Crippen LogP contribution in [0.15, 0.2) is 18.3 Å². The van der Waals surface area contributed by atoms with Crippen molar-refractivity contribution in [2.75, 3.05) is 6.54 Å². The second-order valence-corrected chi connectivity index (χ2v) is 6.01. The minimum absolute atomic E-state index is 0.178. The lowest BCUT2D eigenvalue weighted by Crippen LogP contribution is -2.45. The molecule has 0 atom stereocenters. The molecule has 5 nitrogen and oxygen atoms in total. The van der Waals surface area contributed by atoms with Crippen LogP contribution in [0.25, 0.3) is 6.08 Å². The van der Waals surface area contributed by atoms with Gasteiger partial charge in [0.2, 0.25) is 5.91 Å². The van der Waals surface area contributed by atoms with Gasteiger partial charge in [0.05, 0.1) is 11.3 Å². The summed E-state index contributed by atoms with van der Waals surface area (Å²) in [5, 5.41) is 17.3. The Morgan fingerprint density at radius 1 is 1.57 bits per heavy atom. The summed E-state index contributed by atoms with van der Waals surface area (Å²) >= 11 is 0. The fraction of sp³-hybridized carbons (Fsp3) is 0.625. The monoisotopic (exact) mass is 291 g/mol. The van der Waals surface area contributed by atoms with Crippen LogP contribution in [0.2, 0.25) is 0 Å². The zero-order valence-corrected chi connectivity index (χ0v) is 12.9. The summed E-state index contributed by atoms with van der Waals surface area (Å²) in [7, 11) is 1.83. The van der Waals surface area contributed by atoms with E-state index in [0.717, 1.165) is 37.3 Å². The summed E-state index contributed by atoms with van der Waals surface area (Å²) in [6.07, 6.45) is 9.72. The summed E-state index contributed by atoms with van der Waals surface area (Å²) < 4.78 is 1.70. The molecule has 1 aromatic rings. The molecule has 1 aliphatic rings. The zero-order valence-electron chi connectivity index (χ0n) is 12.9. The summed E-state index contributed by atoms with van der Waals surface area (Å²) in [5.41, 5.74) is 0.133. The molecule has 1 aromatic heterocycles. The van der Waals surface area contributed by atoms with E-state index in [-0.39, 0.29) is 5.91 Å². The third-order valence-electron chi connectivity index (χ3n) is 4.47. The van der Waals surface area contributed by atoms with E-state index >= 15 is 0 Å². The highest BCUT2D eigenvalue weighted by Gasteiger charge is 2.32. The number of carbonyl (C=O) groups excluding carboxylic acids is 1. The second kappa shape index (κ2) is 6.89. The van der Waals surface area contributed by atoms with Gasteiger partial charge < -0.3 is 10.4 Å². The molecule has 1 amide bonds. The minimum Gasteiger partial charge on any atom is -0.388 e. The first kappa shape index (κ1) is 15.8. The third kappa shape index (κ3) is 4.43. The summed E-state index contributed by atoms with van der Waals surface area (Å²) in [6, 6.07) is 1.84. The molecule has 0 aliphatic heterocycles. The Hall–Kier alpha value is -1.62. The Morgan fingerprint density at radius 3 is 2.86 bits per heavy atom. The van der Waals surface area contributed by atoms with E-state index in [1.165, 1.54) is 12.5 Å². The summed E-state index contributed by atoms with van der Waals surface area (Å²) in [4.78, 5) is 11.8. The number of carbonyl (C=O) groups is 1. The van der Waals surface area contributed by atoms with Gasteiger partial charge in [-0.3, -0.25) is 9.48 Å². The fourth-order valence-electron chi connectivity index (χ4n) is 2.82. The maximum Gasteiger partial charge on any atom is 0.244 e. The molecule has 1 saturated carbocycles. The average molecular weight is 291 g/mol. The largest absolute Gasteiger partial charge is 0.388 e. The summed E-state index contributed by atoms with van der Waals surface area (Å²) in [5.74, 6) is 0.549. The van der Waals surface area contributed by atoms with Gasteiger partial charge in [0, 0.05) is 25.9 Å². The highest BCUT2D eigenvalue weighted by Crippen LogP contribution is 2.33. The number of aliphatic hydroxyl groups is 1. The van der Waals surface area contributed by atoms with E-state index in [9.17, 15) is 9.90 Å². The molecule has 0 radical (unpaired) electrons. The SMILES string of the molecule is CCC1CCC(O)(CNC(=O)C=Cc2ccnn2C)CC1. The van der Waals surface area contributed by atoms with Gasteiger partial charge in [-0.1, -0.05) is 13.3 Å². The number of hydrogen-bond donors (Lipinski definition) is 2. The highest BCUT2D eigenvalue weighted by molar-refractivity contribution is 5.91. The first-order valence-corrected chi connectivity index (χ1v) is 7.69. The molecule has 1 aliphatic carbocycles. The Balaban J connectivity index is 1.79. The molecule has 0 spiro atoms. The lowest BCUT2D eigenvalue weighted by Gasteiger charge is -2.35. The van der Waals surface area contributed by atoms with Crippen molar-refractivity contribution in [3.8, 4) is 0 Å². The number of hydrogen-bond acceptors (Lipinski definition) is 3. The van der Waals surface area contributed by atoms with Crippen LogP contribution in [-0.4, -0.2) is 32.9 Å². The van der Waals surface area contributed by atoms with Crippen LogP contribution in [0.1, 0.15) is 44.7 Å². The van der Waals surface area contributed by atoms with E-state index < -0.39 is 5.60 Å². The predicted octanol–water partition coefficient (Wildman–Crippen LogP) is 1.88. The molecule has 1 heterocycles. The minimum atomic E-state index is -0.734. The quantitative estimate of drug-likeness (QED) is 0.814. The molecule has 2 N–H and O–H groups in total. The molecule has 0 unspecified atom stereocenters. The van der Waals surface area contributed by atoms with Gasteiger partial charge in [0.1, 0.15) is 0 Å². The van der Waals surface area contributed by atoms with Crippen molar-refractivity contribution in [1.82, 2.24) is 15.1 Å². The Bertz CT molecular complexity index is 499. The van der Waals surface area contributed by atoms with Gasteiger partial charge in [-0.05, 0) is 43.7 Å². The zero-order chi connectivity index (χ0) is 15.3. The third-order valence-corrected chi connectivity index (χ3v) is 4.47. The van der Waals surface area contributed by atoms with Crippen molar-refractivity contribution >= 4 is 12.0 Å². The fourth-order valence-corrected chi connectivity index (χ4v) is 2.82. The van der Waals surface area contributed by atoms with E-state index in [2.05, 4.69) is 17.3 Å². The Morgan fingerprint density at radius 2 is 2.29 bits per heavy atom. The van der Waals surface area contributed by atoms with E-state index in [0.29, 0.717) is 6.54 Å². The Kier molecular flexibility index (Phi) is 5.17. The smallest absolute Gasteiger partial charge is 0.244 e. The van der Waals surface area contributed by atoms with Crippen LogP contribution < -0.4 is 5.32 Å². The number of nitrogens with zero attached hydrogens (tertiary/aromatic N) is 2. The molecular weight excluding hydrogens is 266 g/mol. The van der Waals surface area contributed by atoms with Crippen LogP contribution >= 0.6 is 0 Å². The van der Waals surface area contributed by atoms with Crippen molar-refractivity contribution in [1.29, 1.82) is 0 Å². The Labute approximate surface area is 126 Å². The normalized spacial score (nSPS) is 26.1. The van der Waals surface area contributed by atoms with Crippen molar-refractivity contribution in [3.05, 3.63) is 24.0 Å². The van der Waals surface area contributed by atoms with Crippen LogP contribution in [-0.2, 0) is 11.8 Å². The lowest BCUT2D eigenvalue weighted by molar-refractivity contribution is -0.118. The number of nitrogens with one attached hydrogen (secondary N) is 1.